The summed E-state index contributed by atoms with van der Waals surface area (Å²) in [5.74, 6) is -0.145. The van der Waals surface area contributed by atoms with Crippen LogP contribution >= 0.6 is 11.6 Å². The summed E-state index contributed by atoms with van der Waals surface area (Å²) in [6, 6.07) is 13.9. The van der Waals surface area contributed by atoms with Crippen LogP contribution in [0.2, 0.25) is 5.02 Å². The number of esters is 1. The molecule has 0 aliphatic carbocycles. The Bertz CT molecular complexity index is 728. The fourth-order valence-electron chi connectivity index (χ4n) is 2.35. The van der Waals surface area contributed by atoms with Crippen LogP contribution in [0, 0.1) is 6.92 Å². The van der Waals surface area contributed by atoms with Crippen molar-refractivity contribution in [3.63, 3.8) is 0 Å². The van der Waals surface area contributed by atoms with Crippen molar-refractivity contribution in [1.82, 2.24) is 5.32 Å². The van der Waals surface area contributed by atoms with E-state index in [1.54, 1.807) is 31.2 Å². The molecule has 138 valence electrons. The van der Waals surface area contributed by atoms with E-state index in [1.165, 1.54) is 0 Å². The summed E-state index contributed by atoms with van der Waals surface area (Å²) in [4.78, 5) is 24.1. The zero-order valence-corrected chi connectivity index (χ0v) is 15.6. The highest BCUT2D eigenvalue weighted by atomic mass is 35.5. The second-order valence-corrected chi connectivity index (χ2v) is 6.22. The lowest BCUT2D eigenvalue weighted by Crippen LogP contribution is -2.34. The highest BCUT2D eigenvalue weighted by molar-refractivity contribution is 6.30. The molecule has 2 rings (SSSR count). The molecule has 5 nitrogen and oxygen atoms in total. The molecule has 0 saturated carbocycles. The fraction of sp³-hybridized carbons (Fsp3) is 0.300. The Morgan fingerprint density at radius 2 is 1.73 bits per heavy atom. The number of ether oxygens (including phenoxy) is 2. The molecule has 0 aromatic heterocycles. The third-order valence-electron chi connectivity index (χ3n) is 3.67. The predicted molar refractivity (Wildman–Crippen MR) is 100 cm³/mol. The Kier molecular flexibility index (Phi) is 7.48. The first-order chi connectivity index (χ1) is 12.5. The molecule has 6 heteroatoms. The molecule has 0 saturated heterocycles. The number of amides is 1. The summed E-state index contributed by atoms with van der Waals surface area (Å²) >= 11 is 5.82. The number of aryl methyl sites for hydroxylation is 1. The first-order valence-corrected chi connectivity index (χ1v) is 8.75. The van der Waals surface area contributed by atoms with Crippen molar-refractivity contribution >= 4 is 23.5 Å². The first-order valence-electron chi connectivity index (χ1n) is 8.38. The quantitative estimate of drug-likeness (QED) is 0.712. The van der Waals surface area contributed by atoms with E-state index in [1.807, 2.05) is 31.2 Å². The van der Waals surface area contributed by atoms with Gasteiger partial charge in [-0.05, 0) is 43.7 Å². The first kappa shape index (κ1) is 19.8. The number of hydrogen-bond donors (Lipinski definition) is 1. The van der Waals surface area contributed by atoms with Crippen LogP contribution in [-0.4, -0.2) is 25.1 Å². The van der Waals surface area contributed by atoms with Crippen LogP contribution < -0.4 is 10.1 Å². The summed E-state index contributed by atoms with van der Waals surface area (Å²) in [5, 5.41) is 3.43. The minimum atomic E-state index is -0.476. The Labute approximate surface area is 158 Å². The Balaban J connectivity index is 1.99. The maximum absolute atomic E-state index is 12.3. The van der Waals surface area contributed by atoms with E-state index >= 15 is 0 Å². The molecule has 0 radical (unpaired) electrons. The van der Waals surface area contributed by atoms with E-state index < -0.39 is 6.04 Å². The topological polar surface area (TPSA) is 64.6 Å². The van der Waals surface area contributed by atoms with Crippen molar-refractivity contribution in [3.8, 4) is 5.75 Å². The fourth-order valence-corrected chi connectivity index (χ4v) is 2.48. The predicted octanol–water partition coefficient (Wildman–Crippen LogP) is 3.84. The number of nitrogens with one attached hydrogen (secondary N) is 1. The molecule has 1 atom stereocenters. The second-order valence-electron chi connectivity index (χ2n) is 5.78. The third-order valence-corrected chi connectivity index (χ3v) is 3.93. The van der Waals surface area contributed by atoms with E-state index in [-0.39, 0.29) is 24.9 Å². The molecule has 0 fully saturated rings. The van der Waals surface area contributed by atoms with Gasteiger partial charge in [0.05, 0.1) is 19.1 Å². The molecular formula is C20H22ClNO4. The highest BCUT2D eigenvalue weighted by Crippen LogP contribution is 2.19. The van der Waals surface area contributed by atoms with E-state index in [9.17, 15) is 9.59 Å². The summed E-state index contributed by atoms with van der Waals surface area (Å²) in [6.07, 6.45) is 0.0591. The van der Waals surface area contributed by atoms with Gasteiger partial charge in [-0.25, -0.2) is 0 Å². The molecule has 0 heterocycles. The van der Waals surface area contributed by atoms with Crippen LogP contribution in [0.4, 0.5) is 0 Å². The van der Waals surface area contributed by atoms with E-state index in [2.05, 4.69) is 5.32 Å². The normalized spacial score (nSPS) is 11.5. The average Bonchev–Trinajstić information content (AvgIpc) is 2.61. The zero-order valence-electron chi connectivity index (χ0n) is 14.8. The van der Waals surface area contributed by atoms with Crippen molar-refractivity contribution in [1.29, 1.82) is 0 Å². The van der Waals surface area contributed by atoms with Gasteiger partial charge in [-0.1, -0.05) is 41.4 Å². The van der Waals surface area contributed by atoms with E-state index in [0.29, 0.717) is 17.4 Å². The molecule has 0 bridgehead atoms. The van der Waals surface area contributed by atoms with Crippen LogP contribution in [0.1, 0.15) is 30.5 Å². The smallest absolute Gasteiger partial charge is 0.308 e. The van der Waals surface area contributed by atoms with Gasteiger partial charge < -0.3 is 14.8 Å². The Morgan fingerprint density at radius 1 is 1.08 bits per heavy atom. The molecule has 1 amide bonds. The molecule has 0 aliphatic heterocycles. The molecule has 26 heavy (non-hydrogen) atoms. The van der Waals surface area contributed by atoms with Gasteiger partial charge in [0.15, 0.2) is 6.61 Å². The minimum absolute atomic E-state index is 0.0591. The largest absolute Gasteiger partial charge is 0.484 e. The van der Waals surface area contributed by atoms with Gasteiger partial charge in [-0.2, -0.15) is 0 Å². The van der Waals surface area contributed by atoms with Crippen molar-refractivity contribution in [3.05, 3.63) is 64.7 Å². The van der Waals surface area contributed by atoms with Crippen LogP contribution in [-0.2, 0) is 14.3 Å². The van der Waals surface area contributed by atoms with E-state index in [0.717, 1.165) is 11.1 Å². The van der Waals surface area contributed by atoms with Crippen LogP contribution in [0.25, 0.3) is 0 Å². The number of hydrogen-bond acceptors (Lipinski definition) is 4. The molecule has 2 aromatic rings. The highest BCUT2D eigenvalue weighted by Gasteiger charge is 2.19. The van der Waals surface area contributed by atoms with Crippen molar-refractivity contribution in [2.45, 2.75) is 26.3 Å². The SMILES string of the molecule is CCOC(=O)C[C@@H](NC(=O)COc1ccc(Cl)cc1)c1ccc(C)cc1. The van der Waals surface area contributed by atoms with Gasteiger partial charge in [0.25, 0.3) is 5.91 Å². The summed E-state index contributed by atoms with van der Waals surface area (Å²) in [7, 11) is 0. The van der Waals surface area contributed by atoms with Gasteiger partial charge in [0.2, 0.25) is 0 Å². The molecule has 0 spiro atoms. The monoisotopic (exact) mass is 375 g/mol. The summed E-state index contributed by atoms with van der Waals surface area (Å²) < 4.78 is 10.4. The summed E-state index contributed by atoms with van der Waals surface area (Å²) in [5.41, 5.74) is 1.93. The third kappa shape index (κ3) is 6.41. The van der Waals surface area contributed by atoms with Crippen LogP contribution in [0.15, 0.2) is 48.5 Å². The van der Waals surface area contributed by atoms with Crippen LogP contribution in [0.3, 0.4) is 0 Å². The van der Waals surface area contributed by atoms with Crippen LogP contribution in [0.5, 0.6) is 5.75 Å². The Hall–Kier alpha value is -2.53. The van der Waals surface area contributed by atoms with Crippen molar-refractivity contribution in [2.75, 3.05) is 13.2 Å². The lowest BCUT2D eigenvalue weighted by atomic mass is 10.0. The van der Waals surface area contributed by atoms with Crippen molar-refractivity contribution < 1.29 is 19.1 Å². The van der Waals surface area contributed by atoms with Gasteiger partial charge in [0.1, 0.15) is 5.75 Å². The summed E-state index contributed by atoms with van der Waals surface area (Å²) in [6.45, 7) is 3.86. The standard InChI is InChI=1S/C20H22ClNO4/c1-3-25-20(24)12-18(15-6-4-14(2)5-7-15)22-19(23)13-26-17-10-8-16(21)9-11-17/h4-11,18H,3,12-13H2,1-2H3,(H,22,23)/t18-/m1/s1. The second kappa shape index (κ2) is 9.82. The lowest BCUT2D eigenvalue weighted by molar-refractivity contribution is -0.143. The lowest BCUT2D eigenvalue weighted by Gasteiger charge is -2.19. The Morgan fingerprint density at radius 3 is 2.35 bits per heavy atom. The number of carbonyl (C=O) groups excluding carboxylic acids is 2. The van der Waals surface area contributed by atoms with Gasteiger partial charge in [-0.15, -0.1) is 0 Å². The number of carbonyl (C=O) groups is 2. The number of halogens is 1. The zero-order chi connectivity index (χ0) is 18.9. The maximum Gasteiger partial charge on any atom is 0.308 e. The van der Waals surface area contributed by atoms with Crippen molar-refractivity contribution in [2.24, 2.45) is 0 Å². The minimum Gasteiger partial charge on any atom is -0.484 e. The maximum atomic E-state index is 12.3. The van der Waals surface area contributed by atoms with E-state index in [4.69, 9.17) is 21.1 Å². The van der Waals surface area contributed by atoms with Gasteiger partial charge in [0, 0.05) is 5.02 Å². The molecular weight excluding hydrogens is 354 g/mol. The molecule has 2 aromatic carbocycles. The number of rotatable bonds is 8. The molecule has 0 unspecified atom stereocenters. The van der Waals surface area contributed by atoms with Gasteiger partial charge in [-0.3, -0.25) is 9.59 Å². The van der Waals surface area contributed by atoms with Gasteiger partial charge >= 0.3 is 5.97 Å². The number of benzene rings is 2. The molecule has 0 aliphatic rings. The average molecular weight is 376 g/mol. The molecule has 1 N–H and O–H groups in total.